The van der Waals surface area contributed by atoms with Gasteiger partial charge in [0.25, 0.3) is 0 Å². The molecule has 3 nitrogen and oxygen atoms in total. The fraction of sp³-hybridized carbons (Fsp3) is 0.353. The maximum Gasteiger partial charge on any atom is 0.118 e. The van der Waals surface area contributed by atoms with E-state index < -0.39 is 5.60 Å². The number of benzene rings is 1. The van der Waals surface area contributed by atoms with Crippen LogP contribution >= 0.6 is 0 Å². The van der Waals surface area contributed by atoms with Crippen LogP contribution in [0, 0.1) is 0 Å². The Morgan fingerprint density at radius 1 is 1.20 bits per heavy atom. The normalized spacial score (nSPS) is 15.4. The van der Waals surface area contributed by atoms with Crippen molar-refractivity contribution in [3.8, 4) is 5.75 Å². The van der Waals surface area contributed by atoms with E-state index in [0.29, 0.717) is 12.1 Å². The Kier molecular flexibility index (Phi) is 4.40. The van der Waals surface area contributed by atoms with Crippen molar-refractivity contribution in [1.29, 1.82) is 0 Å². The summed E-state index contributed by atoms with van der Waals surface area (Å²) in [6.07, 6.45) is 2.33. The van der Waals surface area contributed by atoms with Gasteiger partial charge in [-0.25, -0.2) is 0 Å². The summed E-state index contributed by atoms with van der Waals surface area (Å²) in [4.78, 5) is 4.33. The van der Waals surface area contributed by atoms with Gasteiger partial charge >= 0.3 is 0 Å². The highest BCUT2D eigenvalue weighted by molar-refractivity contribution is 5.32. The number of aliphatic hydroxyl groups is 1. The summed E-state index contributed by atoms with van der Waals surface area (Å²) >= 11 is 0. The van der Waals surface area contributed by atoms with Gasteiger partial charge in [0.2, 0.25) is 0 Å². The minimum atomic E-state index is -0.962. The quantitative estimate of drug-likeness (QED) is 0.905. The molecular formula is C17H21NO2. The molecule has 0 saturated heterocycles. The lowest BCUT2D eigenvalue weighted by Gasteiger charge is -2.33. The van der Waals surface area contributed by atoms with Gasteiger partial charge in [0.1, 0.15) is 11.4 Å². The molecule has 1 aromatic heterocycles. The van der Waals surface area contributed by atoms with Crippen LogP contribution in [0.15, 0.2) is 48.7 Å². The van der Waals surface area contributed by atoms with Crippen LogP contribution in [0.1, 0.15) is 37.4 Å². The van der Waals surface area contributed by atoms with Gasteiger partial charge in [0, 0.05) is 12.1 Å². The van der Waals surface area contributed by atoms with Gasteiger partial charge < -0.3 is 9.84 Å². The van der Waals surface area contributed by atoms with Crippen LogP contribution in [0.3, 0.4) is 0 Å². The molecule has 2 rings (SSSR count). The minimum absolute atomic E-state index is 0.0479. The number of rotatable bonds is 5. The fourth-order valence-electron chi connectivity index (χ4n) is 2.50. The highest BCUT2D eigenvalue weighted by Gasteiger charge is 2.36. The van der Waals surface area contributed by atoms with Gasteiger partial charge in [-0.3, -0.25) is 4.98 Å². The topological polar surface area (TPSA) is 42.4 Å². The second kappa shape index (κ2) is 6.06. The van der Waals surface area contributed by atoms with E-state index >= 15 is 0 Å². The predicted molar refractivity (Wildman–Crippen MR) is 79.8 cm³/mol. The lowest BCUT2D eigenvalue weighted by atomic mass is 9.79. The highest BCUT2D eigenvalue weighted by atomic mass is 16.5. The third kappa shape index (κ3) is 2.68. The molecule has 0 aliphatic rings. The summed E-state index contributed by atoms with van der Waals surface area (Å²) in [6, 6.07) is 13.5. The molecule has 0 spiro atoms. The maximum atomic E-state index is 11.0. The summed E-state index contributed by atoms with van der Waals surface area (Å²) in [5.41, 5.74) is 0.821. The third-order valence-electron chi connectivity index (χ3n) is 3.98. The van der Waals surface area contributed by atoms with Crippen LogP contribution in [-0.4, -0.2) is 17.2 Å². The van der Waals surface area contributed by atoms with Crippen molar-refractivity contribution in [3.05, 3.63) is 59.9 Å². The second-order valence-corrected chi connectivity index (χ2v) is 4.99. The van der Waals surface area contributed by atoms with Gasteiger partial charge in [-0.05, 0) is 36.2 Å². The third-order valence-corrected chi connectivity index (χ3v) is 3.98. The van der Waals surface area contributed by atoms with E-state index in [9.17, 15) is 5.11 Å². The average Bonchev–Trinajstić information content (AvgIpc) is 2.54. The maximum absolute atomic E-state index is 11.0. The summed E-state index contributed by atoms with van der Waals surface area (Å²) in [5, 5.41) is 11.0. The standard InChI is InChI=1S/C17H21NO2/c1-4-17(19,16-7-5-6-12-18-16)13(2)14-8-10-15(20-3)11-9-14/h5-13,19H,4H2,1-3H3/t13-,17-/m0/s1. The van der Waals surface area contributed by atoms with E-state index in [2.05, 4.69) is 4.98 Å². The molecule has 0 radical (unpaired) electrons. The van der Waals surface area contributed by atoms with Crippen LogP contribution in [0.2, 0.25) is 0 Å². The van der Waals surface area contributed by atoms with Crippen LogP contribution in [0.5, 0.6) is 5.75 Å². The van der Waals surface area contributed by atoms with Gasteiger partial charge in [0.15, 0.2) is 0 Å². The fourth-order valence-corrected chi connectivity index (χ4v) is 2.50. The van der Waals surface area contributed by atoms with Crippen molar-refractivity contribution in [2.45, 2.75) is 31.8 Å². The number of hydrogen-bond acceptors (Lipinski definition) is 3. The molecule has 2 atom stereocenters. The summed E-state index contributed by atoms with van der Waals surface area (Å²) < 4.78 is 5.17. The number of methoxy groups -OCH3 is 1. The van der Waals surface area contributed by atoms with E-state index in [4.69, 9.17) is 4.74 Å². The number of ether oxygens (including phenoxy) is 1. The lowest BCUT2D eigenvalue weighted by molar-refractivity contribution is 0.00427. The van der Waals surface area contributed by atoms with Gasteiger partial charge in [-0.1, -0.05) is 32.0 Å². The van der Waals surface area contributed by atoms with Crippen molar-refractivity contribution in [3.63, 3.8) is 0 Å². The van der Waals surface area contributed by atoms with Gasteiger partial charge in [0.05, 0.1) is 12.8 Å². The number of pyridine rings is 1. The number of aromatic nitrogens is 1. The first-order valence-corrected chi connectivity index (χ1v) is 6.89. The van der Waals surface area contributed by atoms with Gasteiger partial charge in [-0.2, -0.15) is 0 Å². The van der Waals surface area contributed by atoms with Gasteiger partial charge in [-0.15, -0.1) is 0 Å². The zero-order valence-electron chi connectivity index (χ0n) is 12.2. The molecular weight excluding hydrogens is 250 g/mol. The molecule has 0 amide bonds. The minimum Gasteiger partial charge on any atom is -0.497 e. The van der Waals surface area contributed by atoms with Crippen molar-refractivity contribution < 1.29 is 9.84 Å². The molecule has 0 saturated carbocycles. The van der Waals surface area contributed by atoms with Crippen molar-refractivity contribution in [2.75, 3.05) is 7.11 Å². The Hall–Kier alpha value is -1.87. The number of hydrogen-bond donors (Lipinski definition) is 1. The molecule has 0 aliphatic carbocycles. The second-order valence-electron chi connectivity index (χ2n) is 4.99. The highest BCUT2D eigenvalue weighted by Crippen LogP contribution is 2.38. The van der Waals surface area contributed by atoms with Crippen molar-refractivity contribution in [2.24, 2.45) is 0 Å². The molecule has 20 heavy (non-hydrogen) atoms. The summed E-state index contributed by atoms with van der Waals surface area (Å²) in [5.74, 6) is 0.770. The molecule has 1 N–H and O–H groups in total. The summed E-state index contributed by atoms with van der Waals surface area (Å²) in [7, 11) is 1.65. The lowest BCUT2D eigenvalue weighted by Crippen LogP contribution is -2.32. The predicted octanol–water partition coefficient (Wildman–Crippen LogP) is 3.49. The van der Waals surface area contributed by atoms with Crippen LogP contribution in [0.4, 0.5) is 0 Å². The largest absolute Gasteiger partial charge is 0.497 e. The molecule has 1 heterocycles. The molecule has 0 unspecified atom stereocenters. The summed E-state index contributed by atoms with van der Waals surface area (Å²) in [6.45, 7) is 4.01. The van der Waals surface area contributed by atoms with Crippen LogP contribution in [-0.2, 0) is 5.60 Å². The molecule has 2 aromatic rings. The first-order valence-electron chi connectivity index (χ1n) is 6.89. The molecule has 106 valence electrons. The Morgan fingerprint density at radius 3 is 2.40 bits per heavy atom. The average molecular weight is 271 g/mol. The van der Waals surface area contributed by atoms with E-state index in [-0.39, 0.29) is 5.92 Å². The zero-order valence-corrected chi connectivity index (χ0v) is 12.2. The first-order chi connectivity index (χ1) is 9.61. The van der Waals surface area contributed by atoms with Crippen molar-refractivity contribution >= 4 is 0 Å². The van der Waals surface area contributed by atoms with Crippen LogP contribution < -0.4 is 4.74 Å². The Balaban J connectivity index is 2.35. The number of nitrogens with zero attached hydrogens (tertiary/aromatic N) is 1. The Morgan fingerprint density at radius 2 is 1.90 bits per heavy atom. The van der Waals surface area contributed by atoms with E-state index in [1.54, 1.807) is 13.3 Å². The van der Waals surface area contributed by atoms with Crippen LogP contribution in [0.25, 0.3) is 0 Å². The Bertz CT molecular complexity index is 539. The van der Waals surface area contributed by atoms with E-state index in [0.717, 1.165) is 11.3 Å². The van der Waals surface area contributed by atoms with Crippen molar-refractivity contribution in [1.82, 2.24) is 4.98 Å². The molecule has 0 bridgehead atoms. The van der Waals surface area contributed by atoms with E-state index in [1.165, 1.54) is 0 Å². The molecule has 1 aromatic carbocycles. The smallest absolute Gasteiger partial charge is 0.118 e. The monoisotopic (exact) mass is 271 g/mol. The zero-order chi connectivity index (χ0) is 14.6. The molecule has 3 heteroatoms. The first kappa shape index (κ1) is 14.5. The Labute approximate surface area is 120 Å². The SMILES string of the molecule is CC[C@@](O)(c1ccccn1)[C@@H](C)c1ccc(OC)cc1. The molecule has 0 aliphatic heterocycles. The molecule has 0 fully saturated rings. The van der Waals surface area contributed by atoms with E-state index in [1.807, 2.05) is 56.3 Å².